The number of aryl methyl sites for hydroxylation is 1. The molecule has 1 aromatic heterocycles. The van der Waals surface area contributed by atoms with Gasteiger partial charge in [0.15, 0.2) is 0 Å². The summed E-state index contributed by atoms with van der Waals surface area (Å²) in [5.41, 5.74) is 2.56. The second kappa shape index (κ2) is 2.27. The average molecular weight is 151 g/mol. The third-order valence-corrected chi connectivity index (χ3v) is 2.43. The summed E-state index contributed by atoms with van der Waals surface area (Å²) in [6, 6.07) is 4.13. The number of hydrogen-bond acceptors (Lipinski definition) is 2. The van der Waals surface area contributed by atoms with Crippen molar-refractivity contribution in [2.45, 2.75) is 18.1 Å². The fourth-order valence-electron chi connectivity index (χ4n) is 1.39. The van der Waals surface area contributed by atoms with Crippen molar-refractivity contribution in [1.29, 1.82) is 0 Å². The molecule has 0 spiro atoms. The van der Waals surface area contributed by atoms with E-state index in [9.17, 15) is 0 Å². The zero-order valence-electron chi connectivity index (χ0n) is 5.62. The van der Waals surface area contributed by atoms with E-state index >= 15 is 0 Å². The second-order valence-corrected chi connectivity index (χ2v) is 3.23. The van der Waals surface area contributed by atoms with Crippen molar-refractivity contribution < 1.29 is 0 Å². The van der Waals surface area contributed by atoms with E-state index < -0.39 is 0 Å². The van der Waals surface area contributed by atoms with Crippen molar-refractivity contribution in [2.24, 2.45) is 0 Å². The minimum absolute atomic E-state index is 0.385. The molecule has 2 heteroatoms. The zero-order chi connectivity index (χ0) is 6.97. The Kier molecular flexibility index (Phi) is 1.42. The fraction of sp³-hybridized carbons (Fsp3) is 0.375. The van der Waals surface area contributed by atoms with Gasteiger partial charge in [0.25, 0.3) is 0 Å². The van der Waals surface area contributed by atoms with Crippen LogP contribution in [0.2, 0.25) is 0 Å². The first kappa shape index (κ1) is 6.23. The third kappa shape index (κ3) is 0.833. The molecule has 0 fully saturated rings. The summed E-state index contributed by atoms with van der Waals surface area (Å²) in [7, 11) is 0. The normalized spacial score (nSPS) is 22.7. The topological polar surface area (TPSA) is 12.9 Å². The molecule has 0 aliphatic heterocycles. The maximum Gasteiger partial charge on any atom is 0.0562 e. The van der Waals surface area contributed by atoms with Crippen molar-refractivity contribution >= 4 is 12.6 Å². The van der Waals surface area contributed by atoms with Crippen LogP contribution in [-0.2, 0) is 6.42 Å². The molecule has 10 heavy (non-hydrogen) atoms. The standard InChI is InChI=1S/C8H9NS/c10-7-4-3-6-2-1-5-9-8(6)7/h1-2,5,7,10H,3-4H2/t7-/m1/s1. The van der Waals surface area contributed by atoms with Crippen molar-refractivity contribution in [3.63, 3.8) is 0 Å². The van der Waals surface area contributed by atoms with Crippen LogP contribution in [0, 0.1) is 0 Å². The van der Waals surface area contributed by atoms with Crippen LogP contribution in [0.5, 0.6) is 0 Å². The molecular formula is C8H9NS. The van der Waals surface area contributed by atoms with Crippen LogP contribution in [-0.4, -0.2) is 4.98 Å². The Morgan fingerprint density at radius 3 is 3.30 bits per heavy atom. The van der Waals surface area contributed by atoms with Gasteiger partial charge in [0, 0.05) is 11.4 Å². The molecule has 0 amide bonds. The van der Waals surface area contributed by atoms with Gasteiger partial charge in [0.05, 0.1) is 5.69 Å². The highest BCUT2D eigenvalue weighted by Gasteiger charge is 2.19. The van der Waals surface area contributed by atoms with E-state index in [0.29, 0.717) is 5.25 Å². The molecule has 0 N–H and O–H groups in total. The van der Waals surface area contributed by atoms with Gasteiger partial charge in [0.2, 0.25) is 0 Å². The van der Waals surface area contributed by atoms with Crippen LogP contribution in [0.3, 0.4) is 0 Å². The Labute approximate surface area is 65.9 Å². The summed E-state index contributed by atoms with van der Waals surface area (Å²) in [4.78, 5) is 4.26. The summed E-state index contributed by atoms with van der Waals surface area (Å²) in [6.07, 6.45) is 4.14. The molecule has 0 saturated carbocycles. The molecular weight excluding hydrogens is 142 g/mol. The third-order valence-electron chi connectivity index (χ3n) is 1.93. The molecule has 52 valence electrons. The lowest BCUT2D eigenvalue weighted by Crippen LogP contribution is -1.87. The summed E-state index contributed by atoms with van der Waals surface area (Å²) in [5, 5.41) is 0.385. The zero-order valence-corrected chi connectivity index (χ0v) is 6.51. The van der Waals surface area contributed by atoms with E-state index in [0.717, 1.165) is 12.8 Å². The lowest BCUT2D eigenvalue weighted by atomic mass is 10.2. The number of aromatic nitrogens is 1. The Hall–Kier alpha value is -0.500. The Morgan fingerprint density at radius 1 is 1.60 bits per heavy atom. The Balaban J connectivity index is 2.51. The molecule has 1 aromatic rings. The number of nitrogens with zero attached hydrogens (tertiary/aromatic N) is 1. The van der Waals surface area contributed by atoms with Crippen LogP contribution in [0.25, 0.3) is 0 Å². The molecule has 0 saturated heterocycles. The first-order chi connectivity index (χ1) is 4.88. The summed E-state index contributed by atoms with van der Waals surface area (Å²) >= 11 is 4.41. The monoisotopic (exact) mass is 151 g/mol. The highest BCUT2D eigenvalue weighted by Crippen LogP contribution is 2.33. The van der Waals surface area contributed by atoms with E-state index in [1.165, 1.54) is 11.3 Å². The lowest BCUT2D eigenvalue weighted by molar-refractivity contribution is 0.883. The van der Waals surface area contributed by atoms with Gasteiger partial charge in [0.1, 0.15) is 0 Å². The van der Waals surface area contributed by atoms with E-state index in [2.05, 4.69) is 23.7 Å². The van der Waals surface area contributed by atoms with Gasteiger partial charge in [-0.05, 0) is 24.5 Å². The average Bonchev–Trinajstić information content (AvgIpc) is 2.34. The SMILES string of the molecule is S[C@@H]1CCc2cccnc21. The molecule has 0 aromatic carbocycles. The highest BCUT2D eigenvalue weighted by atomic mass is 32.1. The van der Waals surface area contributed by atoms with Crippen LogP contribution in [0.4, 0.5) is 0 Å². The Bertz CT molecular complexity index is 247. The highest BCUT2D eigenvalue weighted by molar-refractivity contribution is 7.80. The number of thiol groups is 1. The van der Waals surface area contributed by atoms with Crippen LogP contribution in [0.1, 0.15) is 22.9 Å². The maximum absolute atomic E-state index is 4.41. The predicted molar refractivity (Wildman–Crippen MR) is 44.3 cm³/mol. The van der Waals surface area contributed by atoms with E-state index in [-0.39, 0.29) is 0 Å². The van der Waals surface area contributed by atoms with Gasteiger partial charge in [-0.15, -0.1) is 0 Å². The van der Waals surface area contributed by atoms with Gasteiger partial charge >= 0.3 is 0 Å². The molecule has 1 aliphatic rings. The predicted octanol–water partition coefficient (Wildman–Crippen LogP) is 2.00. The second-order valence-electron chi connectivity index (χ2n) is 2.60. The molecule has 0 unspecified atom stereocenters. The number of fused-ring (bicyclic) bond motifs is 1. The largest absolute Gasteiger partial charge is 0.260 e. The van der Waals surface area contributed by atoms with Gasteiger partial charge in [-0.3, -0.25) is 4.98 Å². The van der Waals surface area contributed by atoms with E-state index in [4.69, 9.17) is 0 Å². The van der Waals surface area contributed by atoms with E-state index in [1.54, 1.807) is 0 Å². The molecule has 2 rings (SSSR count). The lowest BCUT2D eigenvalue weighted by Gasteiger charge is -1.99. The van der Waals surface area contributed by atoms with Crippen molar-refractivity contribution in [3.8, 4) is 0 Å². The van der Waals surface area contributed by atoms with Gasteiger partial charge in [-0.1, -0.05) is 6.07 Å². The van der Waals surface area contributed by atoms with Gasteiger partial charge in [-0.25, -0.2) is 0 Å². The summed E-state index contributed by atoms with van der Waals surface area (Å²) in [6.45, 7) is 0. The minimum atomic E-state index is 0.385. The first-order valence-corrected chi connectivity index (χ1v) is 4.01. The number of pyridine rings is 1. The quantitative estimate of drug-likeness (QED) is 0.559. The molecule has 1 aliphatic carbocycles. The van der Waals surface area contributed by atoms with Crippen molar-refractivity contribution in [1.82, 2.24) is 4.98 Å². The molecule has 0 radical (unpaired) electrons. The smallest absolute Gasteiger partial charge is 0.0562 e. The van der Waals surface area contributed by atoms with Crippen LogP contribution < -0.4 is 0 Å². The first-order valence-electron chi connectivity index (χ1n) is 3.50. The van der Waals surface area contributed by atoms with Crippen molar-refractivity contribution in [2.75, 3.05) is 0 Å². The van der Waals surface area contributed by atoms with Gasteiger partial charge < -0.3 is 0 Å². The molecule has 1 atom stereocenters. The molecule has 1 heterocycles. The minimum Gasteiger partial charge on any atom is -0.260 e. The van der Waals surface area contributed by atoms with E-state index in [1.807, 2.05) is 12.3 Å². The molecule has 1 nitrogen and oxygen atoms in total. The number of hydrogen-bond donors (Lipinski definition) is 1. The number of rotatable bonds is 0. The van der Waals surface area contributed by atoms with Crippen molar-refractivity contribution in [3.05, 3.63) is 29.6 Å². The van der Waals surface area contributed by atoms with Gasteiger partial charge in [-0.2, -0.15) is 12.6 Å². The summed E-state index contributed by atoms with van der Waals surface area (Å²) < 4.78 is 0. The fourth-order valence-corrected chi connectivity index (χ4v) is 1.75. The summed E-state index contributed by atoms with van der Waals surface area (Å²) in [5.74, 6) is 0. The maximum atomic E-state index is 4.41. The Morgan fingerprint density at radius 2 is 2.50 bits per heavy atom. The van der Waals surface area contributed by atoms with Crippen LogP contribution >= 0.6 is 12.6 Å². The molecule has 0 bridgehead atoms. The van der Waals surface area contributed by atoms with Crippen LogP contribution in [0.15, 0.2) is 18.3 Å².